The van der Waals surface area contributed by atoms with E-state index in [1.54, 1.807) is 6.92 Å². The molecule has 0 bridgehead atoms. The maximum absolute atomic E-state index is 13.6. The van der Waals surface area contributed by atoms with E-state index in [4.69, 9.17) is 21.1 Å². The Morgan fingerprint density at radius 1 is 1.38 bits per heavy atom. The molecule has 2 rings (SSSR count). The van der Waals surface area contributed by atoms with E-state index in [2.05, 4.69) is 32.2 Å². The van der Waals surface area contributed by atoms with Crippen molar-refractivity contribution in [2.45, 2.75) is 40.0 Å². The molecule has 1 aromatic rings. The number of carbonyl (C=O) groups is 1. The third kappa shape index (κ3) is 5.59. The van der Waals surface area contributed by atoms with Crippen molar-refractivity contribution in [2.75, 3.05) is 20.3 Å². The molecule has 1 N–H and O–H groups in total. The van der Waals surface area contributed by atoms with Gasteiger partial charge >= 0.3 is 5.97 Å². The van der Waals surface area contributed by atoms with Crippen molar-refractivity contribution in [1.29, 1.82) is 5.26 Å². The zero-order valence-electron chi connectivity index (χ0n) is 17.4. The zero-order chi connectivity index (χ0) is 21.8. The van der Waals surface area contributed by atoms with E-state index in [1.165, 1.54) is 25.3 Å². The second-order valence-corrected chi connectivity index (χ2v) is 8.55. The lowest BCUT2D eigenvalue weighted by atomic mass is 9.81. The lowest BCUT2D eigenvalue weighted by Crippen LogP contribution is -2.32. The van der Waals surface area contributed by atoms with Crippen LogP contribution in [-0.4, -0.2) is 26.3 Å². The number of allylic oxidation sites excluding steroid dienone is 2. The Hall–Kier alpha value is -2.36. The van der Waals surface area contributed by atoms with Crippen molar-refractivity contribution in [3.8, 4) is 6.07 Å². The van der Waals surface area contributed by atoms with Crippen LogP contribution in [0.15, 0.2) is 40.7 Å². The number of nitrogens with one attached hydrogen (secondary N) is 1. The molecule has 0 aliphatic carbocycles. The largest absolute Gasteiger partial charge is 0.462 e. The number of dihydropyridines is 1. The van der Waals surface area contributed by atoms with E-state index in [1.807, 2.05) is 0 Å². The van der Waals surface area contributed by atoms with Crippen LogP contribution in [0.1, 0.15) is 45.6 Å². The molecule has 5 nitrogen and oxygen atoms in total. The van der Waals surface area contributed by atoms with E-state index < -0.39 is 17.7 Å². The molecule has 1 aliphatic rings. The number of rotatable bonds is 6. The minimum Gasteiger partial charge on any atom is -0.462 e. The molecule has 156 valence electrons. The van der Waals surface area contributed by atoms with Gasteiger partial charge in [0.2, 0.25) is 0 Å². The molecule has 0 radical (unpaired) electrons. The Kier molecular flexibility index (Phi) is 7.45. The third-order valence-corrected chi connectivity index (χ3v) is 4.96. The third-order valence-electron chi connectivity index (χ3n) is 4.63. The Labute approximate surface area is 176 Å². The summed E-state index contributed by atoms with van der Waals surface area (Å²) in [6.45, 7) is 8.26. The SMILES string of the molecule is COCC1=C(C(=O)OCCC(C)(C)C)C(c2ccc(F)cc2Cl)C(C#N)=C(C)N1. The lowest BCUT2D eigenvalue weighted by molar-refractivity contribution is -0.140. The van der Waals surface area contributed by atoms with Crippen LogP contribution in [0.5, 0.6) is 0 Å². The van der Waals surface area contributed by atoms with Crippen molar-refractivity contribution in [3.63, 3.8) is 0 Å². The number of hydrogen-bond donors (Lipinski definition) is 1. The highest BCUT2D eigenvalue weighted by Crippen LogP contribution is 2.41. The van der Waals surface area contributed by atoms with Crippen LogP contribution in [-0.2, 0) is 14.3 Å². The first-order chi connectivity index (χ1) is 13.6. The highest BCUT2D eigenvalue weighted by atomic mass is 35.5. The monoisotopic (exact) mass is 420 g/mol. The van der Waals surface area contributed by atoms with Gasteiger partial charge in [0, 0.05) is 17.8 Å². The molecule has 1 aliphatic heterocycles. The standard InChI is InChI=1S/C22H26ClFN2O3/c1-13-16(11-25)19(15-7-6-14(24)10-17(15)23)20(18(26-13)12-28-5)21(27)29-9-8-22(2,3)4/h6-7,10,19,26H,8-9,12H2,1-5H3. The van der Waals surface area contributed by atoms with Crippen LogP contribution in [0.25, 0.3) is 0 Å². The second kappa shape index (κ2) is 9.43. The highest BCUT2D eigenvalue weighted by molar-refractivity contribution is 6.31. The molecule has 0 saturated heterocycles. The summed E-state index contributed by atoms with van der Waals surface area (Å²) in [7, 11) is 1.51. The molecule has 1 heterocycles. The molecule has 0 saturated carbocycles. The van der Waals surface area contributed by atoms with Gasteiger partial charge in [0.05, 0.1) is 42.0 Å². The summed E-state index contributed by atoms with van der Waals surface area (Å²) < 4.78 is 24.4. The zero-order valence-corrected chi connectivity index (χ0v) is 18.1. The molecule has 29 heavy (non-hydrogen) atoms. The summed E-state index contributed by atoms with van der Waals surface area (Å²) >= 11 is 6.29. The second-order valence-electron chi connectivity index (χ2n) is 8.15. The van der Waals surface area contributed by atoms with Crippen LogP contribution >= 0.6 is 11.6 Å². The first-order valence-electron chi connectivity index (χ1n) is 9.31. The lowest BCUT2D eigenvalue weighted by Gasteiger charge is -2.30. The fourth-order valence-corrected chi connectivity index (χ4v) is 3.39. The van der Waals surface area contributed by atoms with Crippen LogP contribution in [0.3, 0.4) is 0 Å². The van der Waals surface area contributed by atoms with Gasteiger partial charge in [-0.25, -0.2) is 9.18 Å². The average Bonchev–Trinajstić information content (AvgIpc) is 2.60. The number of methoxy groups -OCH3 is 1. The molecule has 0 fully saturated rings. The summed E-state index contributed by atoms with van der Waals surface area (Å²) in [6, 6.07) is 6.07. The Morgan fingerprint density at radius 2 is 2.07 bits per heavy atom. The predicted molar refractivity (Wildman–Crippen MR) is 110 cm³/mol. The van der Waals surface area contributed by atoms with E-state index in [-0.39, 0.29) is 29.2 Å². The predicted octanol–water partition coefficient (Wildman–Crippen LogP) is 4.84. The normalized spacial score (nSPS) is 17.1. The van der Waals surface area contributed by atoms with E-state index in [9.17, 15) is 14.4 Å². The molecule has 7 heteroatoms. The maximum atomic E-state index is 13.6. The summed E-state index contributed by atoms with van der Waals surface area (Å²) in [6.07, 6.45) is 0.682. The first kappa shape index (κ1) is 22.9. The van der Waals surface area contributed by atoms with Crippen LogP contribution in [0.4, 0.5) is 4.39 Å². The number of benzene rings is 1. The van der Waals surface area contributed by atoms with Crippen LogP contribution in [0, 0.1) is 22.6 Å². The number of nitriles is 1. The molecule has 1 atom stereocenters. The van der Waals surface area contributed by atoms with E-state index in [0.29, 0.717) is 29.0 Å². The van der Waals surface area contributed by atoms with Gasteiger partial charge in [0.25, 0.3) is 0 Å². The average molecular weight is 421 g/mol. The quantitative estimate of drug-likeness (QED) is 0.666. The highest BCUT2D eigenvalue weighted by Gasteiger charge is 2.36. The van der Waals surface area contributed by atoms with Gasteiger partial charge in [0.15, 0.2) is 0 Å². The number of nitrogens with zero attached hydrogens (tertiary/aromatic N) is 1. The minimum absolute atomic E-state index is 0.00279. The molecular formula is C22H26ClFN2O3. The van der Waals surface area contributed by atoms with Crippen molar-refractivity contribution in [3.05, 3.63) is 57.1 Å². The fourth-order valence-electron chi connectivity index (χ4n) is 3.12. The maximum Gasteiger partial charge on any atom is 0.336 e. The summed E-state index contributed by atoms with van der Waals surface area (Å²) in [5.74, 6) is -1.83. The summed E-state index contributed by atoms with van der Waals surface area (Å²) in [5, 5.41) is 13.0. The molecule has 1 aromatic carbocycles. The van der Waals surface area contributed by atoms with Crippen LogP contribution < -0.4 is 5.32 Å². The van der Waals surface area contributed by atoms with Gasteiger partial charge in [0.1, 0.15) is 5.82 Å². The van der Waals surface area contributed by atoms with Gasteiger partial charge < -0.3 is 14.8 Å². The number of hydrogen-bond acceptors (Lipinski definition) is 5. The molecule has 0 aromatic heterocycles. The summed E-state index contributed by atoms with van der Waals surface area (Å²) in [4.78, 5) is 13.1. The van der Waals surface area contributed by atoms with Crippen molar-refractivity contribution >= 4 is 17.6 Å². The van der Waals surface area contributed by atoms with Gasteiger partial charge in [-0.15, -0.1) is 0 Å². The van der Waals surface area contributed by atoms with Crippen molar-refractivity contribution < 1.29 is 18.7 Å². The number of esters is 1. The van der Waals surface area contributed by atoms with Gasteiger partial charge in [-0.3, -0.25) is 0 Å². The number of halogens is 2. The Morgan fingerprint density at radius 3 is 2.62 bits per heavy atom. The van der Waals surface area contributed by atoms with E-state index in [0.717, 1.165) is 0 Å². The molecule has 1 unspecified atom stereocenters. The summed E-state index contributed by atoms with van der Waals surface area (Å²) in [5.41, 5.74) is 2.11. The molecular weight excluding hydrogens is 395 g/mol. The number of ether oxygens (including phenoxy) is 2. The fraction of sp³-hybridized carbons (Fsp3) is 0.455. The van der Waals surface area contributed by atoms with Crippen molar-refractivity contribution in [2.24, 2.45) is 5.41 Å². The Balaban J connectivity index is 2.54. The molecule has 0 spiro atoms. The molecule has 0 amide bonds. The minimum atomic E-state index is -0.776. The van der Waals surface area contributed by atoms with Crippen molar-refractivity contribution in [1.82, 2.24) is 5.32 Å². The van der Waals surface area contributed by atoms with Gasteiger partial charge in [-0.1, -0.05) is 38.4 Å². The first-order valence-corrected chi connectivity index (χ1v) is 9.68. The van der Waals surface area contributed by atoms with E-state index >= 15 is 0 Å². The van der Waals surface area contributed by atoms with Gasteiger partial charge in [-0.05, 0) is 36.5 Å². The Bertz CT molecular complexity index is 894. The number of carbonyl (C=O) groups excluding carboxylic acids is 1. The van der Waals surface area contributed by atoms with Crippen LogP contribution in [0.2, 0.25) is 5.02 Å². The topological polar surface area (TPSA) is 71.3 Å². The van der Waals surface area contributed by atoms with Gasteiger partial charge in [-0.2, -0.15) is 5.26 Å². The smallest absolute Gasteiger partial charge is 0.336 e.